The zero-order valence-corrected chi connectivity index (χ0v) is 16.9. The number of amides is 1. The van der Waals surface area contributed by atoms with Crippen LogP contribution in [-0.2, 0) is 16.2 Å². The summed E-state index contributed by atoms with van der Waals surface area (Å²) >= 11 is 5.99. The molecular weight excluding hydrogens is 460 g/mol. The van der Waals surface area contributed by atoms with Gasteiger partial charge in [0.1, 0.15) is 5.82 Å². The van der Waals surface area contributed by atoms with Gasteiger partial charge in [-0.1, -0.05) is 23.7 Å². The van der Waals surface area contributed by atoms with E-state index in [0.29, 0.717) is 6.07 Å². The minimum absolute atomic E-state index is 0.0769. The van der Waals surface area contributed by atoms with Gasteiger partial charge in [-0.25, -0.2) is 12.8 Å². The summed E-state index contributed by atoms with van der Waals surface area (Å²) in [5, 5.41) is 2.31. The van der Waals surface area contributed by atoms with Crippen LogP contribution in [0.5, 0.6) is 0 Å². The van der Waals surface area contributed by atoms with Crippen molar-refractivity contribution in [1.82, 2.24) is 0 Å². The monoisotopic (exact) mass is 472 g/mol. The van der Waals surface area contributed by atoms with Gasteiger partial charge in [0.25, 0.3) is 15.9 Å². The zero-order chi connectivity index (χ0) is 22.8. The van der Waals surface area contributed by atoms with Gasteiger partial charge >= 0.3 is 6.18 Å². The number of nitrogens with one attached hydrogen (secondary N) is 2. The van der Waals surface area contributed by atoms with E-state index in [9.17, 15) is 30.8 Å². The molecule has 3 aromatic carbocycles. The maximum Gasteiger partial charge on any atom is 0.416 e. The van der Waals surface area contributed by atoms with E-state index in [1.165, 1.54) is 18.2 Å². The smallest absolute Gasteiger partial charge is 0.322 e. The van der Waals surface area contributed by atoms with Crippen LogP contribution >= 0.6 is 11.6 Å². The molecule has 11 heteroatoms. The fraction of sp³-hybridized carbons (Fsp3) is 0.0500. The van der Waals surface area contributed by atoms with Gasteiger partial charge in [0, 0.05) is 11.4 Å². The van der Waals surface area contributed by atoms with E-state index >= 15 is 0 Å². The third-order valence-electron chi connectivity index (χ3n) is 4.02. The van der Waals surface area contributed by atoms with Crippen LogP contribution in [-0.4, -0.2) is 14.3 Å². The summed E-state index contributed by atoms with van der Waals surface area (Å²) in [7, 11) is -4.34. The van der Waals surface area contributed by atoms with Crippen LogP contribution in [0.4, 0.5) is 28.9 Å². The maximum absolute atomic E-state index is 13.3. The molecule has 0 radical (unpaired) electrons. The van der Waals surface area contributed by atoms with Crippen LogP contribution < -0.4 is 10.0 Å². The van der Waals surface area contributed by atoms with Crippen molar-refractivity contribution in [3.63, 3.8) is 0 Å². The Kier molecular flexibility index (Phi) is 6.23. The molecule has 0 spiro atoms. The lowest BCUT2D eigenvalue weighted by atomic mass is 10.2. The fourth-order valence-electron chi connectivity index (χ4n) is 2.58. The first-order valence-electron chi connectivity index (χ1n) is 8.52. The first kappa shape index (κ1) is 22.6. The lowest BCUT2D eigenvalue weighted by molar-refractivity contribution is -0.137. The molecule has 0 fully saturated rings. The topological polar surface area (TPSA) is 75.3 Å². The third kappa shape index (κ3) is 5.53. The number of halogens is 5. The molecule has 3 aromatic rings. The normalized spacial score (nSPS) is 11.8. The van der Waals surface area contributed by atoms with E-state index in [4.69, 9.17) is 11.6 Å². The van der Waals surface area contributed by atoms with Gasteiger partial charge in [-0.2, -0.15) is 13.2 Å². The van der Waals surface area contributed by atoms with Gasteiger partial charge in [-0.05, 0) is 54.6 Å². The summed E-state index contributed by atoms with van der Waals surface area (Å²) in [4.78, 5) is 12.1. The number of alkyl halides is 3. The number of rotatable bonds is 5. The molecule has 0 aliphatic heterocycles. The van der Waals surface area contributed by atoms with E-state index in [0.717, 1.165) is 42.5 Å². The molecule has 0 unspecified atom stereocenters. The highest BCUT2D eigenvalue weighted by molar-refractivity contribution is 7.92. The number of hydrogen-bond acceptors (Lipinski definition) is 3. The number of anilines is 2. The standard InChI is InChI=1S/C20H13ClF4N2O3S/c21-18-8-7-16(11-17(18)19(28)26-14-5-2-4-13(22)10-14)31(29,30)27-15-6-1-3-12(9-15)20(23,24)25/h1-11,27H,(H,26,28). The van der Waals surface area contributed by atoms with Crippen molar-refractivity contribution in [2.24, 2.45) is 0 Å². The van der Waals surface area contributed by atoms with Gasteiger partial charge in [-0.3, -0.25) is 9.52 Å². The molecule has 2 N–H and O–H groups in total. The van der Waals surface area contributed by atoms with Crippen LogP contribution in [0, 0.1) is 5.82 Å². The van der Waals surface area contributed by atoms with Crippen LogP contribution in [0.25, 0.3) is 0 Å². The summed E-state index contributed by atoms with van der Waals surface area (Å²) in [5.74, 6) is -1.39. The Morgan fingerprint density at radius 2 is 1.58 bits per heavy atom. The second-order valence-electron chi connectivity index (χ2n) is 6.29. The summed E-state index contributed by atoms with van der Waals surface area (Å²) in [5.41, 5.74) is -1.44. The van der Waals surface area contributed by atoms with Crippen molar-refractivity contribution < 1.29 is 30.8 Å². The van der Waals surface area contributed by atoms with Gasteiger partial charge in [-0.15, -0.1) is 0 Å². The number of carbonyl (C=O) groups excluding carboxylic acids is 1. The second-order valence-corrected chi connectivity index (χ2v) is 8.38. The SMILES string of the molecule is O=C(Nc1cccc(F)c1)c1cc(S(=O)(=O)Nc2cccc(C(F)(F)F)c2)ccc1Cl. The van der Waals surface area contributed by atoms with Crippen LogP contribution in [0.1, 0.15) is 15.9 Å². The third-order valence-corrected chi connectivity index (χ3v) is 5.73. The van der Waals surface area contributed by atoms with Crippen molar-refractivity contribution >= 4 is 38.9 Å². The number of carbonyl (C=O) groups is 1. The molecule has 3 rings (SSSR count). The number of sulfonamides is 1. The Labute approximate surface area is 179 Å². The summed E-state index contributed by atoms with van der Waals surface area (Å²) in [6, 6.07) is 11.9. The largest absolute Gasteiger partial charge is 0.416 e. The molecule has 162 valence electrons. The molecule has 0 saturated carbocycles. The lowest BCUT2D eigenvalue weighted by Gasteiger charge is -2.13. The molecule has 1 amide bonds. The Balaban J connectivity index is 1.88. The summed E-state index contributed by atoms with van der Waals surface area (Å²) < 4.78 is 79.2. The fourth-order valence-corrected chi connectivity index (χ4v) is 3.86. The first-order chi connectivity index (χ1) is 14.5. The van der Waals surface area contributed by atoms with E-state index in [1.54, 1.807) is 0 Å². The van der Waals surface area contributed by atoms with Crippen molar-refractivity contribution in [1.29, 1.82) is 0 Å². The Morgan fingerprint density at radius 3 is 2.26 bits per heavy atom. The first-order valence-corrected chi connectivity index (χ1v) is 10.4. The van der Waals surface area contributed by atoms with Gasteiger partial charge in [0.2, 0.25) is 0 Å². The predicted octanol–water partition coefficient (Wildman–Crippen LogP) is 5.55. The van der Waals surface area contributed by atoms with Crippen molar-refractivity contribution in [3.8, 4) is 0 Å². The highest BCUT2D eigenvalue weighted by atomic mass is 35.5. The molecule has 0 saturated heterocycles. The Hall–Kier alpha value is -3.11. The van der Waals surface area contributed by atoms with E-state index < -0.39 is 38.4 Å². The number of hydrogen-bond donors (Lipinski definition) is 2. The van der Waals surface area contributed by atoms with Crippen molar-refractivity contribution in [2.75, 3.05) is 10.0 Å². The Bertz CT molecular complexity index is 1250. The average Bonchev–Trinajstić information content (AvgIpc) is 2.67. The highest BCUT2D eigenvalue weighted by Gasteiger charge is 2.31. The molecular formula is C20H13ClF4N2O3S. The summed E-state index contributed by atoms with van der Waals surface area (Å²) in [6.07, 6.45) is -4.65. The summed E-state index contributed by atoms with van der Waals surface area (Å²) in [6.45, 7) is 0. The van der Waals surface area contributed by atoms with Crippen molar-refractivity contribution in [2.45, 2.75) is 11.1 Å². The molecule has 0 aliphatic rings. The van der Waals surface area contributed by atoms with Gasteiger partial charge in [0.15, 0.2) is 0 Å². The molecule has 31 heavy (non-hydrogen) atoms. The average molecular weight is 473 g/mol. The second kappa shape index (κ2) is 8.56. The molecule has 0 aliphatic carbocycles. The van der Waals surface area contributed by atoms with E-state index in [1.807, 2.05) is 4.72 Å². The molecule has 0 bridgehead atoms. The van der Waals surface area contributed by atoms with Crippen LogP contribution in [0.3, 0.4) is 0 Å². The zero-order valence-electron chi connectivity index (χ0n) is 15.4. The number of benzene rings is 3. The van der Waals surface area contributed by atoms with Crippen LogP contribution in [0.15, 0.2) is 71.6 Å². The highest BCUT2D eigenvalue weighted by Crippen LogP contribution is 2.31. The molecule has 0 aromatic heterocycles. The van der Waals surface area contributed by atoms with E-state index in [-0.39, 0.29) is 22.0 Å². The Morgan fingerprint density at radius 1 is 0.903 bits per heavy atom. The van der Waals surface area contributed by atoms with Crippen LogP contribution in [0.2, 0.25) is 5.02 Å². The minimum atomic E-state index is -4.65. The van der Waals surface area contributed by atoms with Gasteiger partial charge < -0.3 is 5.32 Å². The quantitative estimate of drug-likeness (QED) is 0.478. The van der Waals surface area contributed by atoms with Crippen molar-refractivity contribution in [3.05, 3.63) is 88.7 Å². The lowest BCUT2D eigenvalue weighted by Crippen LogP contribution is -2.17. The predicted molar refractivity (Wildman–Crippen MR) is 108 cm³/mol. The molecule has 0 heterocycles. The molecule has 0 atom stereocenters. The van der Waals surface area contributed by atoms with Gasteiger partial charge in [0.05, 0.1) is 21.0 Å². The maximum atomic E-state index is 13.3. The van der Waals surface area contributed by atoms with E-state index in [2.05, 4.69) is 5.32 Å². The molecule has 5 nitrogen and oxygen atoms in total. The minimum Gasteiger partial charge on any atom is -0.322 e.